The predicted octanol–water partition coefficient (Wildman–Crippen LogP) is 1.01. The van der Waals surface area contributed by atoms with Crippen LogP contribution in [0, 0.1) is 5.41 Å². The van der Waals surface area contributed by atoms with Gasteiger partial charge in [-0.15, -0.1) is 0 Å². The lowest BCUT2D eigenvalue weighted by Gasteiger charge is -2.39. The first-order valence-corrected chi connectivity index (χ1v) is 8.59. The number of likely N-dealkylation sites (tertiary alicyclic amines) is 1. The second-order valence-corrected chi connectivity index (χ2v) is 6.94. The van der Waals surface area contributed by atoms with Crippen molar-refractivity contribution < 1.29 is 9.53 Å². The topological polar surface area (TPSA) is 61.8 Å². The Hall–Kier alpha value is -1.89. The van der Waals surface area contributed by atoms with Crippen LogP contribution in [0.3, 0.4) is 0 Å². The molecule has 7 nitrogen and oxygen atoms in total. The fourth-order valence-electron chi connectivity index (χ4n) is 3.86. The average molecular weight is 333 g/mol. The maximum Gasteiger partial charge on any atom is 0.230 e. The molecule has 0 bridgehead atoms. The first kappa shape index (κ1) is 17.0. The molecule has 0 unspecified atom stereocenters. The maximum absolute atomic E-state index is 13.0. The minimum atomic E-state index is -0.271. The van der Waals surface area contributed by atoms with Gasteiger partial charge in [-0.05, 0) is 19.3 Å². The molecule has 0 N–H and O–H groups in total. The van der Waals surface area contributed by atoms with Crippen LogP contribution in [0.5, 0.6) is 0 Å². The molecule has 1 atom stereocenters. The average Bonchev–Trinajstić information content (AvgIpc) is 3.01. The number of rotatable bonds is 5. The number of methoxy groups -OCH3 is 1. The van der Waals surface area contributed by atoms with E-state index in [4.69, 9.17) is 4.74 Å². The highest BCUT2D eigenvalue weighted by Crippen LogP contribution is 2.42. The van der Waals surface area contributed by atoms with Gasteiger partial charge in [-0.2, -0.15) is 0 Å². The van der Waals surface area contributed by atoms with Gasteiger partial charge in [0.15, 0.2) is 11.6 Å². The number of hydrogen-bond donors (Lipinski definition) is 0. The molecule has 2 aliphatic rings. The molecule has 2 fully saturated rings. The number of hydrogen-bond acceptors (Lipinski definition) is 6. The monoisotopic (exact) mass is 333 g/mol. The van der Waals surface area contributed by atoms with Gasteiger partial charge in [-0.3, -0.25) is 4.79 Å². The zero-order valence-electron chi connectivity index (χ0n) is 14.9. The van der Waals surface area contributed by atoms with Crippen LogP contribution < -0.4 is 9.80 Å². The van der Waals surface area contributed by atoms with Gasteiger partial charge in [0.2, 0.25) is 5.91 Å². The van der Waals surface area contributed by atoms with Crippen molar-refractivity contribution >= 4 is 17.5 Å². The van der Waals surface area contributed by atoms with Crippen LogP contribution in [-0.2, 0) is 9.53 Å². The zero-order valence-corrected chi connectivity index (χ0v) is 14.9. The Kier molecular flexibility index (Phi) is 4.89. The number of anilines is 2. The van der Waals surface area contributed by atoms with Crippen LogP contribution in [0.15, 0.2) is 12.4 Å². The zero-order chi connectivity index (χ0) is 17.2. The first-order valence-electron chi connectivity index (χ1n) is 8.59. The van der Waals surface area contributed by atoms with Crippen LogP contribution in [0.25, 0.3) is 0 Å². The molecular weight excluding hydrogens is 306 g/mol. The maximum atomic E-state index is 13.0. The van der Waals surface area contributed by atoms with Crippen molar-refractivity contribution in [2.45, 2.75) is 19.3 Å². The number of piperidine rings is 1. The number of nitrogens with zero attached hydrogens (tertiary/aromatic N) is 5. The predicted molar refractivity (Wildman–Crippen MR) is 93.3 cm³/mol. The van der Waals surface area contributed by atoms with Gasteiger partial charge < -0.3 is 19.4 Å². The normalized spacial score (nSPS) is 24.0. The van der Waals surface area contributed by atoms with Gasteiger partial charge in [0.1, 0.15) is 0 Å². The molecule has 132 valence electrons. The molecule has 2 saturated heterocycles. The van der Waals surface area contributed by atoms with E-state index in [-0.39, 0.29) is 11.3 Å². The van der Waals surface area contributed by atoms with E-state index in [1.54, 1.807) is 19.5 Å². The molecule has 1 aromatic rings. The quantitative estimate of drug-likeness (QED) is 0.801. The summed E-state index contributed by atoms with van der Waals surface area (Å²) >= 11 is 0. The van der Waals surface area contributed by atoms with Crippen molar-refractivity contribution in [1.29, 1.82) is 0 Å². The Morgan fingerprint density at radius 3 is 2.79 bits per heavy atom. The van der Waals surface area contributed by atoms with Gasteiger partial charge in [-0.1, -0.05) is 0 Å². The van der Waals surface area contributed by atoms with Crippen LogP contribution in [0.2, 0.25) is 0 Å². The third-order valence-electron chi connectivity index (χ3n) is 5.13. The highest BCUT2D eigenvalue weighted by molar-refractivity contribution is 5.85. The van der Waals surface area contributed by atoms with Crippen LogP contribution in [0.1, 0.15) is 19.3 Å². The molecule has 2 aliphatic heterocycles. The van der Waals surface area contributed by atoms with Crippen molar-refractivity contribution in [2.75, 3.05) is 63.8 Å². The van der Waals surface area contributed by atoms with E-state index < -0.39 is 0 Å². The minimum absolute atomic E-state index is 0.271. The van der Waals surface area contributed by atoms with Gasteiger partial charge in [-0.25, -0.2) is 9.97 Å². The van der Waals surface area contributed by atoms with Crippen molar-refractivity contribution in [2.24, 2.45) is 5.41 Å². The molecule has 0 aliphatic carbocycles. The van der Waals surface area contributed by atoms with Crippen LogP contribution in [0.4, 0.5) is 11.6 Å². The van der Waals surface area contributed by atoms with E-state index in [1.165, 1.54) is 0 Å². The number of carbonyl (C=O) groups is 1. The van der Waals surface area contributed by atoms with Gasteiger partial charge >= 0.3 is 0 Å². The van der Waals surface area contributed by atoms with E-state index in [2.05, 4.69) is 14.9 Å². The number of carbonyl (C=O) groups excluding carboxylic acids is 1. The van der Waals surface area contributed by atoms with Crippen LogP contribution in [-0.4, -0.2) is 74.8 Å². The minimum Gasteiger partial charge on any atom is -0.383 e. The Morgan fingerprint density at radius 1 is 1.25 bits per heavy atom. The molecule has 3 rings (SSSR count). The molecule has 0 saturated carbocycles. The van der Waals surface area contributed by atoms with E-state index in [0.29, 0.717) is 13.2 Å². The molecule has 1 aromatic heterocycles. The highest BCUT2D eigenvalue weighted by atomic mass is 16.5. The Bertz CT molecular complexity index is 594. The van der Waals surface area contributed by atoms with Gasteiger partial charge in [0.05, 0.1) is 12.0 Å². The molecule has 1 amide bonds. The summed E-state index contributed by atoms with van der Waals surface area (Å²) in [4.78, 5) is 28.2. The van der Waals surface area contributed by atoms with Crippen molar-refractivity contribution in [3.8, 4) is 0 Å². The summed E-state index contributed by atoms with van der Waals surface area (Å²) in [5.41, 5.74) is -0.271. The summed E-state index contributed by atoms with van der Waals surface area (Å²) in [6.45, 7) is 3.71. The largest absolute Gasteiger partial charge is 0.383 e. The third kappa shape index (κ3) is 3.05. The molecule has 0 radical (unpaired) electrons. The fourth-order valence-corrected chi connectivity index (χ4v) is 3.86. The standard InChI is InChI=1S/C17H27N5O2/c1-20(2)14-15(19-8-7-18-14)22-10-6-17(13-22)5-4-9-21(16(17)23)11-12-24-3/h7-8H,4-6,9-13H2,1-3H3/t17-/m1/s1. The van der Waals surface area contributed by atoms with E-state index in [0.717, 1.165) is 50.5 Å². The molecule has 0 aromatic carbocycles. The number of amides is 1. The smallest absolute Gasteiger partial charge is 0.230 e. The van der Waals surface area contributed by atoms with Crippen LogP contribution >= 0.6 is 0 Å². The summed E-state index contributed by atoms with van der Waals surface area (Å²) in [5, 5.41) is 0. The summed E-state index contributed by atoms with van der Waals surface area (Å²) in [7, 11) is 5.62. The summed E-state index contributed by atoms with van der Waals surface area (Å²) in [5.74, 6) is 2.01. The molecule has 24 heavy (non-hydrogen) atoms. The van der Waals surface area contributed by atoms with Crippen molar-refractivity contribution in [3.63, 3.8) is 0 Å². The van der Waals surface area contributed by atoms with E-state index in [1.807, 2.05) is 23.9 Å². The van der Waals surface area contributed by atoms with E-state index in [9.17, 15) is 4.79 Å². The van der Waals surface area contributed by atoms with Gasteiger partial charge in [0.25, 0.3) is 0 Å². The molecule has 1 spiro atoms. The highest BCUT2D eigenvalue weighted by Gasteiger charge is 2.48. The second-order valence-electron chi connectivity index (χ2n) is 6.94. The SMILES string of the molecule is COCCN1CCC[C@]2(CCN(c3nccnc3N(C)C)C2)C1=O. The first-order chi connectivity index (χ1) is 11.6. The molecule has 3 heterocycles. The van der Waals surface area contributed by atoms with Gasteiger partial charge in [0, 0.05) is 59.8 Å². The van der Waals surface area contributed by atoms with Crippen molar-refractivity contribution in [1.82, 2.24) is 14.9 Å². The summed E-state index contributed by atoms with van der Waals surface area (Å²) in [6, 6.07) is 0. The second kappa shape index (κ2) is 6.93. The third-order valence-corrected chi connectivity index (χ3v) is 5.13. The molecule has 7 heteroatoms. The Morgan fingerprint density at radius 2 is 2.04 bits per heavy atom. The Labute approximate surface area is 143 Å². The lowest BCUT2D eigenvalue weighted by atomic mass is 9.78. The number of aromatic nitrogens is 2. The molecular formula is C17H27N5O2. The lowest BCUT2D eigenvalue weighted by Crippen LogP contribution is -2.51. The summed E-state index contributed by atoms with van der Waals surface area (Å²) < 4.78 is 5.15. The Balaban J connectivity index is 1.78. The number of ether oxygens (including phenoxy) is 1. The fraction of sp³-hybridized carbons (Fsp3) is 0.706. The van der Waals surface area contributed by atoms with E-state index >= 15 is 0 Å². The van der Waals surface area contributed by atoms with Crippen molar-refractivity contribution in [3.05, 3.63) is 12.4 Å². The summed E-state index contributed by atoms with van der Waals surface area (Å²) in [6.07, 6.45) is 6.34. The lowest BCUT2D eigenvalue weighted by molar-refractivity contribution is -0.145.